The van der Waals surface area contributed by atoms with Crippen molar-refractivity contribution in [2.45, 2.75) is 25.4 Å². The predicted octanol–water partition coefficient (Wildman–Crippen LogP) is 2.10. The van der Waals surface area contributed by atoms with Crippen molar-refractivity contribution in [1.29, 1.82) is 0 Å². The molecule has 0 bridgehead atoms. The zero-order valence-electron chi connectivity index (χ0n) is 8.62. The zero-order valence-corrected chi connectivity index (χ0v) is 9.37. The minimum atomic E-state index is 0.254. The molecule has 0 aromatic heterocycles. The van der Waals surface area contributed by atoms with Gasteiger partial charge in [-0.05, 0) is 49.2 Å². The summed E-state index contributed by atoms with van der Waals surface area (Å²) in [5.74, 6) is 0. The third-order valence-corrected chi connectivity index (χ3v) is 3.13. The Balaban J connectivity index is 2.02. The fraction of sp³-hybridized carbons (Fsp3) is 0.500. The van der Waals surface area contributed by atoms with Crippen molar-refractivity contribution in [3.05, 3.63) is 34.9 Å². The number of halogens is 1. The Morgan fingerprint density at radius 3 is 3.13 bits per heavy atom. The molecule has 0 unspecified atom stereocenters. The first kappa shape index (κ1) is 10.9. The van der Waals surface area contributed by atoms with Crippen molar-refractivity contribution < 1.29 is 5.11 Å². The Kier molecular flexibility index (Phi) is 3.62. The van der Waals surface area contributed by atoms with Crippen LogP contribution in [0, 0.1) is 6.07 Å². The Hall–Kier alpha value is -0.570. The summed E-state index contributed by atoms with van der Waals surface area (Å²) < 4.78 is 0. The van der Waals surface area contributed by atoms with E-state index in [1.165, 1.54) is 12.0 Å². The SMILES string of the molecule is OC[C@H]1CCCN1Cc1c[c]cc(Cl)c1. The van der Waals surface area contributed by atoms with Gasteiger partial charge in [-0.25, -0.2) is 0 Å². The van der Waals surface area contributed by atoms with Crippen molar-refractivity contribution in [3.63, 3.8) is 0 Å². The molecule has 1 atom stereocenters. The van der Waals surface area contributed by atoms with E-state index in [2.05, 4.69) is 11.0 Å². The van der Waals surface area contributed by atoms with Gasteiger partial charge in [0.2, 0.25) is 0 Å². The van der Waals surface area contributed by atoms with Gasteiger partial charge < -0.3 is 5.11 Å². The summed E-state index contributed by atoms with van der Waals surface area (Å²) >= 11 is 5.90. The monoisotopic (exact) mass is 224 g/mol. The topological polar surface area (TPSA) is 23.5 Å². The first-order valence-electron chi connectivity index (χ1n) is 5.30. The quantitative estimate of drug-likeness (QED) is 0.850. The Morgan fingerprint density at radius 1 is 1.53 bits per heavy atom. The molecule has 0 spiro atoms. The van der Waals surface area contributed by atoms with E-state index >= 15 is 0 Å². The standard InChI is InChI=1S/C12H15ClNO/c13-11-4-1-3-10(7-11)8-14-6-2-5-12(14)9-15/h3-4,7,12,15H,2,5-6,8-9H2/t12-/m1/s1. The van der Waals surface area contributed by atoms with Crippen LogP contribution in [0.2, 0.25) is 5.02 Å². The van der Waals surface area contributed by atoms with Crippen LogP contribution in [0.15, 0.2) is 18.2 Å². The van der Waals surface area contributed by atoms with E-state index in [0.717, 1.165) is 24.5 Å². The molecule has 15 heavy (non-hydrogen) atoms. The van der Waals surface area contributed by atoms with Crippen LogP contribution in [0.3, 0.4) is 0 Å². The second-order valence-corrected chi connectivity index (χ2v) is 4.45. The van der Waals surface area contributed by atoms with Crippen molar-refractivity contribution in [3.8, 4) is 0 Å². The van der Waals surface area contributed by atoms with E-state index in [-0.39, 0.29) is 6.61 Å². The number of aliphatic hydroxyl groups excluding tert-OH is 1. The molecule has 3 heteroatoms. The molecule has 1 heterocycles. The first-order chi connectivity index (χ1) is 7.29. The smallest absolute Gasteiger partial charge is 0.0587 e. The fourth-order valence-corrected chi connectivity index (χ4v) is 2.33. The molecule has 1 aromatic carbocycles. The molecule has 0 saturated carbocycles. The van der Waals surface area contributed by atoms with Gasteiger partial charge in [0.1, 0.15) is 0 Å². The predicted molar refractivity (Wildman–Crippen MR) is 60.8 cm³/mol. The highest BCUT2D eigenvalue weighted by Crippen LogP contribution is 2.20. The molecular weight excluding hydrogens is 210 g/mol. The number of likely N-dealkylation sites (tertiary alicyclic amines) is 1. The average Bonchev–Trinajstić information content (AvgIpc) is 2.65. The van der Waals surface area contributed by atoms with Crippen LogP contribution in [0.5, 0.6) is 0 Å². The maximum atomic E-state index is 9.19. The fourth-order valence-electron chi connectivity index (χ4n) is 2.12. The molecule has 2 rings (SSSR count). The maximum absolute atomic E-state index is 9.19. The second-order valence-electron chi connectivity index (χ2n) is 4.01. The summed E-state index contributed by atoms with van der Waals surface area (Å²) in [7, 11) is 0. The highest BCUT2D eigenvalue weighted by molar-refractivity contribution is 6.30. The largest absolute Gasteiger partial charge is 0.395 e. The van der Waals surface area contributed by atoms with E-state index in [9.17, 15) is 5.11 Å². The van der Waals surface area contributed by atoms with Crippen LogP contribution in [0.4, 0.5) is 0 Å². The van der Waals surface area contributed by atoms with Gasteiger partial charge in [0.05, 0.1) is 6.61 Å². The van der Waals surface area contributed by atoms with Crippen molar-refractivity contribution >= 4 is 11.6 Å². The van der Waals surface area contributed by atoms with E-state index in [0.29, 0.717) is 6.04 Å². The zero-order chi connectivity index (χ0) is 10.7. The number of rotatable bonds is 3. The third kappa shape index (κ3) is 2.71. The lowest BCUT2D eigenvalue weighted by Gasteiger charge is -2.22. The summed E-state index contributed by atoms with van der Waals surface area (Å²) in [6.45, 7) is 2.18. The second kappa shape index (κ2) is 4.97. The summed E-state index contributed by atoms with van der Waals surface area (Å²) in [5, 5.41) is 9.92. The molecular formula is C12H15ClNO. The minimum absolute atomic E-state index is 0.254. The van der Waals surface area contributed by atoms with Gasteiger partial charge in [0, 0.05) is 17.6 Å². The van der Waals surface area contributed by atoms with Gasteiger partial charge in [-0.2, -0.15) is 0 Å². The molecule has 1 fully saturated rings. The minimum Gasteiger partial charge on any atom is -0.395 e. The van der Waals surface area contributed by atoms with E-state index in [1.54, 1.807) is 6.07 Å². The van der Waals surface area contributed by atoms with Gasteiger partial charge in [0.15, 0.2) is 0 Å². The molecule has 1 radical (unpaired) electrons. The summed E-state index contributed by atoms with van der Waals surface area (Å²) in [5.41, 5.74) is 1.17. The van der Waals surface area contributed by atoms with E-state index < -0.39 is 0 Å². The van der Waals surface area contributed by atoms with Crippen LogP contribution in [-0.4, -0.2) is 29.2 Å². The van der Waals surface area contributed by atoms with Crippen LogP contribution in [0.25, 0.3) is 0 Å². The molecule has 1 saturated heterocycles. The summed E-state index contributed by atoms with van der Waals surface area (Å²) in [6.07, 6.45) is 2.27. The van der Waals surface area contributed by atoms with Gasteiger partial charge in [-0.15, -0.1) is 0 Å². The summed E-state index contributed by atoms with van der Waals surface area (Å²) in [6, 6.07) is 9.02. The van der Waals surface area contributed by atoms with Crippen LogP contribution in [0.1, 0.15) is 18.4 Å². The molecule has 1 aliphatic heterocycles. The molecule has 0 amide bonds. The van der Waals surface area contributed by atoms with E-state index in [1.807, 2.05) is 12.1 Å². The number of hydrogen-bond acceptors (Lipinski definition) is 2. The molecule has 0 aliphatic carbocycles. The Bertz CT molecular complexity index is 329. The van der Waals surface area contributed by atoms with Crippen molar-refractivity contribution in [2.75, 3.05) is 13.2 Å². The van der Waals surface area contributed by atoms with Crippen LogP contribution >= 0.6 is 11.6 Å². The highest BCUT2D eigenvalue weighted by Gasteiger charge is 2.23. The van der Waals surface area contributed by atoms with Crippen molar-refractivity contribution in [1.82, 2.24) is 4.90 Å². The normalized spacial score (nSPS) is 22.1. The molecule has 1 aliphatic rings. The van der Waals surface area contributed by atoms with Crippen molar-refractivity contribution in [2.24, 2.45) is 0 Å². The highest BCUT2D eigenvalue weighted by atomic mass is 35.5. The molecule has 2 nitrogen and oxygen atoms in total. The average molecular weight is 225 g/mol. The Labute approximate surface area is 95.5 Å². The van der Waals surface area contributed by atoms with Gasteiger partial charge >= 0.3 is 0 Å². The molecule has 1 N–H and O–H groups in total. The third-order valence-electron chi connectivity index (χ3n) is 2.91. The molecule has 1 aromatic rings. The lowest BCUT2D eigenvalue weighted by molar-refractivity contribution is 0.153. The Morgan fingerprint density at radius 2 is 2.40 bits per heavy atom. The lowest BCUT2D eigenvalue weighted by Crippen LogP contribution is -2.31. The first-order valence-corrected chi connectivity index (χ1v) is 5.68. The molecule has 81 valence electrons. The number of hydrogen-bond donors (Lipinski definition) is 1. The van der Waals surface area contributed by atoms with Gasteiger partial charge in [-0.3, -0.25) is 4.90 Å². The lowest BCUT2D eigenvalue weighted by atomic mass is 10.2. The summed E-state index contributed by atoms with van der Waals surface area (Å²) in [4.78, 5) is 2.31. The van der Waals surface area contributed by atoms with Crippen LogP contribution in [-0.2, 0) is 6.54 Å². The number of benzene rings is 1. The van der Waals surface area contributed by atoms with Crippen LogP contribution < -0.4 is 0 Å². The number of aliphatic hydroxyl groups is 1. The van der Waals surface area contributed by atoms with E-state index in [4.69, 9.17) is 11.6 Å². The van der Waals surface area contributed by atoms with Gasteiger partial charge in [0.25, 0.3) is 0 Å². The number of nitrogens with zero attached hydrogens (tertiary/aromatic N) is 1. The van der Waals surface area contributed by atoms with Gasteiger partial charge in [-0.1, -0.05) is 11.6 Å². The maximum Gasteiger partial charge on any atom is 0.0587 e.